The molecule has 0 heterocycles. The van der Waals surface area contributed by atoms with E-state index in [2.05, 4.69) is 6.92 Å². The van der Waals surface area contributed by atoms with Gasteiger partial charge in [-0.3, -0.25) is 0 Å². The lowest BCUT2D eigenvalue weighted by molar-refractivity contribution is 1.10. The van der Waals surface area contributed by atoms with Crippen molar-refractivity contribution in [3.63, 3.8) is 0 Å². The van der Waals surface area contributed by atoms with Crippen molar-refractivity contribution < 1.29 is 0 Å². The van der Waals surface area contributed by atoms with Crippen LogP contribution in [0.3, 0.4) is 0 Å². The third-order valence-electron chi connectivity index (χ3n) is 1.52. The number of rotatable bonds is 3. The zero-order valence-corrected chi connectivity index (χ0v) is 7.64. The van der Waals surface area contributed by atoms with Gasteiger partial charge in [0.1, 0.15) is 6.16 Å². The van der Waals surface area contributed by atoms with Crippen LogP contribution in [0.15, 0.2) is 30.3 Å². The van der Waals surface area contributed by atoms with Crippen molar-refractivity contribution in [2.75, 3.05) is 6.16 Å². The minimum absolute atomic E-state index is 0.626. The van der Waals surface area contributed by atoms with Crippen LogP contribution in [0.4, 0.5) is 0 Å². The zero-order chi connectivity index (χ0) is 8.10. The molecule has 2 heteroatoms. The Hall–Kier alpha value is -0.680. The molecule has 58 valence electrons. The highest BCUT2D eigenvalue weighted by molar-refractivity contribution is 7.54. The predicted octanol–water partition coefficient (Wildman–Crippen LogP) is 2.97. The normalized spacial score (nSPS) is 11.2. The third-order valence-corrected chi connectivity index (χ3v) is 3.33. The van der Waals surface area contributed by atoms with Crippen molar-refractivity contribution in [2.45, 2.75) is 13.3 Å². The van der Waals surface area contributed by atoms with Crippen LogP contribution in [-0.4, -0.2) is 6.16 Å². The first kappa shape index (κ1) is 8.42. The van der Waals surface area contributed by atoms with Gasteiger partial charge in [-0.25, -0.2) is 0 Å². The second-order valence-corrected chi connectivity index (χ2v) is 4.31. The Morgan fingerprint density at radius 2 is 1.91 bits per heavy atom. The number of hydrogen-bond acceptors (Lipinski definition) is 1. The van der Waals surface area contributed by atoms with E-state index in [4.69, 9.17) is 5.16 Å². The SMILES string of the molecule is CCC[P+](=N)c1ccccc1. The number of nitrogens with one attached hydrogen (secondary N) is 1. The highest BCUT2D eigenvalue weighted by atomic mass is 31.1. The van der Waals surface area contributed by atoms with Gasteiger partial charge in [0.2, 0.25) is 7.71 Å². The summed E-state index contributed by atoms with van der Waals surface area (Å²) >= 11 is 0. The summed E-state index contributed by atoms with van der Waals surface area (Å²) < 4.78 is 0. The summed E-state index contributed by atoms with van der Waals surface area (Å²) in [6.45, 7) is 2.13. The molecule has 0 aliphatic carbocycles. The van der Waals surface area contributed by atoms with Crippen molar-refractivity contribution in [1.82, 2.24) is 0 Å². The Balaban J connectivity index is 2.69. The highest BCUT2D eigenvalue weighted by Crippen LogP contribution is 2.20. The van der Waals surface area contributed by atoms with Crippen LogP contribution in [0.5, 0.6) is 0 Å². The average Bonchev–Trinajstić information content (AvgIpc) is 2.07. The molecular formula is C9H13NP+. The van der Waals surface area contributed by atoms with Gasteiger partial charge >= 0.3 is 0 Å². The van der Waals surface area contributed by atoms with Gasteiger partial charge in [0.15, 0.2) is 5.30 Å². The van der Waals surface area contributed by atoms with Gasteiger partial charge in [-0.2, -0.15) is 0 Å². The first-order valence-electron chi connectivity index (χ1n) is 3.88. The van der Waals surface area contributed by atoms with Gasteiger partial charge in [0.25, 0.3) is 0 Å². The molecule has 0 fully saturated rings. The van der Waals surface area contributed by atoms with E-state index in [1.807, 2.05) is 30.3 Å². The second-order valence-electron chi connectivity index (χ2n) is 2.49. The van der Waals surface area contributed by atoms with Crippen molar-refractivity contribution >= 4 is 13.0 Å². The maximum Gasteiger partial charge on any atom is 0.234 e. The van der Waals surface area contributed by atoms with Gasteiger partial charge < -0.3 is 0 Å². The minimum Gasteiger partial charge on any atom is -0.119 e. The summed E-state index contributed by atoms with van der Waals surface area (Å²) in [4.78, 5) is 0. The Kier molecular flexibility index (Phi) is 3.25. The molecule has 11 heavy (non-hydrogen) atoms. The Labute approximate surface area is 68.7 Å². The molecule has 0 spiro atoms. The Morgan fingerprint density at radius 1 is 1.27 bits per heavy atom. The Bertz CT molecular complexity index is 231. The molecule has 0 saturated carbocycles. The molecule has 0 saturated heterocycles. The van der Waals surface area contributed by atoms with Crippen molar-refractivity contribution in [3.8, 4) is 0 Å². The topological polar surface area (TPSA) is 23.9 Å². The summed E-state index contributed by atoms with van der Waals surface area (Å²) in [6.07, 6.45) is 2.14. The molecule has 1 atom stereocenters. The molecule has 1 nitrogen and oxygen atoms in total. The summed E-state index contributed by atoms with van der Waals surface area (Å²) in [5.74, 6) is 0. The Morgan fingerprint density at radius 3 is 2.45 bits per heavy atom. The standard InChI is InChI=1S/C9H13NP/c1-2-8-11(10)9-6-4-3-5-7-9/h3-7,10H,2,8H2,1H3/q+1. The van der Waals surface area contributed by atoms with Crippen LogP contribution in [0.25, 0.3) is 0 Å². The summed E-state index contributed by atoms with van der Waals surface area (Å²) in [5, 5.41) is 8.98. The first-order valence-corrected chi connectivity index (χ1v) is 5.41. The van der Waals surface area contributed by atoms with E-state index in [1.165, 1.54) is 5.30 Å². The molecule has 0 aliphatic rings. The predicted molar refractivity (Wildman–Crippen MR) is 50.9 cm³/mol. The monoisotopic (exact) mass is 166 g/mol. The van der Waals surface area contributed by atoms with E-state index in [0.29, 0.717) is 0 Å². The first-order chi connectivity index (χ1) is 5.34. The quantitative estimate of drug-likeness (QED) is 0.667. The maximum atomic E-state index is 7.78. The van der Waals surface area contributed by atoms with Crippen molar-refractivity contribution in [1.29, 1.82) is 5.16 Å². The molecule has 0 aliphatic heterocycles. The maximum absolute atomic E-state index is 7.78. The molecule has 0 aromatic heterocycles. The van der Waals surface area contributed by atoms with Crippen molar-refractivity contribution in [3.05, 3.63) is 30.3 Å². The summed E-state index contributed by atoms with van der Waals surface area (Å²) in [6, 6.07) is 10.1. The third kappa shape index (κ3) is 2.44. The second kappa shape index (κ2) is 4.25. The van der Waals surface area contributed by atoms with Crippen LogP contribution in [0, 0.1) is 5.16 Å². The highest BCUT2D eigenvalue weighted by Gasteiger charge is 2.10. The molecule has 1 N–H and O–H groups in total. The minimum atomic E-state index is -0.626. The van der Waals surface area contributed by atoms with E-state index < -0.39 is 7.71 Å². The lowest BCUT2D eigenvalue weighted by atomic mass is 10.4. The largest absolute Gasteiger partial charge is 0.234 e. The molecule has 1 aromatic carbocycles. The fraction of sp³-hybridized carbons (Fsp3) is 0.333. The molecule has 0 radical (unpaired) electrons. The van der Waals surface area contributed by atoms with E-state index in [0.717, 1.165) is 12.6 Å². The van der Waals surface area contributed by atoms with E-state index in [9.17, 15) is 0 Å². The van der Waals surface area contributed by atoms with Gasteiger partial charge in [0, 0.05) is 0 Å². The fourth-order valence-electron chi connectivity index (χ4n) is 0.961. The molecule has 1 rings (SSSR count). The lowest BCUT2D eigenvalue weighted by Crippen LogP contribution is -1.95. The molecule has 0 bridgehead atoms. The lowest BCUT2D eigenvalue weighted by Gasteiger charge is -1.87. The number of benzene rings is 1. The molecule has 1 unspecified atom stereocenters. The summed E-state index contributed by atoms with van der Waals surface area (Å²) in [5.41, 5.74) is 0. The zero-order valence-electron chi connectivity index (χ0n) is 6.75. The van der Waals surface area contributed by atoms with Gasteiger partial charge in [-0.05, 0) is 18.6 Å². The van der Waals surface area contributed by atoms with Gasteiger partial charge in [0.05, 0.1) is 0 Å². The van der Waals surface area contributed by atoms with Crippen LogP contribution >= 0.6 is 7.71 Å². The van der Waals surface area contributed by atoms with Crippen molar-refractivity contribution in [2.24, 2.45) is 0 Å². The van der Waals surface area contributed by atoms with Gasteiger partial charge in [-0.1, -0.05) is 25.1 Å². The summed E-state index contributed by atoms with van der Waals surface area (Å²) in [7, 11) is -0.626. The van der Waals surface area contributed by atoms with Crippen LogP contribution < -0.4 is 5.30 Å². The smallest absolute Gasteiger partial charge is 0.119 e. The van der Waals surface area contributed by atoms with Gasteiger partial charge in [-0.15, -0.1) is 5.16 Å². The molecular weight excluding hydrogens is 153 g/mol. The average molecular weight is 166 g/mol. The molecule has 0 amide bonds. The van der Waals surface area contributed by atoms with E-state index in [-0.39, 0.29) is 0 Å². The van der Waals surface area contributed by atoms with Crippen LogP contribution in [-0.2, 0) is 0 Å². The molecule has 1 aromatic rings. The van der Waals surface area contributed by atoms with E-state index in [1.54, 1.807) is 0 Å². The van der Waals surface area contributed by atoms with Crippen LogP contribution in [0.2, 0.25) is 0 Å². The fourth-order valence-corrected chi connectivity index (χ4v) is 2.20. The van der Waals surface area contributed by atoms with Crippen LogP contribution in [0.1, 0.15) is 13.3 Å². The number of hydrogen-bond donors (Lipinski definition) is 1. The van der Waals surface area contributed by atoms with E-state index >= 15 is 0 Å².